The van der Waals surface area contributed by atoms with Crippen molar-refractivity contribution in [1.82, 2.24) is 9.97 Å². The summed E-state index contributed by atoms with van der Waals surface area (Å²) in [6, 6.07) is 0. The smallest absolute Gasteiger partial charge is 0.135 e. The molecule has 0 amide bonds. The number of hydrogen-bond acceptors (Lipinski definition) is 4. The second-order valence-corrected chi connectivity index (χ2v) is 6.47. The molecular formula is C16H28N4. The summed E-state index contributed by atoms with van der Waals surface area (Å²) >= 11 is 0. The van der Waals surface area contributed by atoms with Gasteiger partial charge >= 0.3 is 0 Å². The maximum Gasteiger partial charge on any atom is 0.135 e. The lowest BCUT2D eigenvalue weighted by Gasteiger charge is -2.17. The van der Waals surface area contributed by atoms with Gasteiger partial charge in [-0.25, -0.2) is 9.97 Å². The molecule has 20 heavy (non-hydrogen) atoms. The average Bonchev–Trinajstić information content (AvgIpc) is 2.83. The van der Waals surface area contributed by atoms with Crippen molar-refractivity contribution < 1.29 is 0 Å². The molecule has 1 saturated carbocycles. The van der Waals surface area contributed by atoms with Crippen LogP contribution in [-0.2, 0) is 0 Å². The maximum atomic E-state index is 4.70. The number of anilines is 2. The summed E-state index contributed by atoms with van der Waals surface area (Å²) in [6.45, 7) is 9.73. The van der Waals surface area contributed by atoms with Crippen molar-refractivity contribution in [2.75, 3.05) is 24.2 Å². The lowest BCUT2D eigenvalue weighted by molar-refractivity contribution is 0.536. The Kier molecular flexibility index (Phi) is 4.84. The van der Waals surface area contributed by atoms with E-state index >= 15 is 0 Å². The Morgan fingerprint density at radius 2 is 1.90 bits per heavy atom. The molecule has 1 aliphatic rings. The minimum absolute atomic E-state index is 0.342. The Labute approximate surface area is 122 Å². The van der Waals surface area contributed by atoms with Gasteiger partial charge in [-0.2, -0.15) is 0 Å². The van der Waals surface area contributed by atoms with Gasteiger partial charge in [0.05, 0.1) is 0 Å². The summed E-state index contributed by atoms with van der Waals surface area (Å²) in [5, 5.41) is 6.73. The Bertz CT molecular complexity index is 456. The highest BCUT2D eigenvalue weighted by Gasteiger charge is 2.21. The van der Waals surface area contributed by atoms with E-state index in [2.05, 4.69) is 43.3 Å². The number of rotatable bonds is 5. The van der Waals surface area contributed by atoms with E-state index < -0.39 is 0 Å². The van der Waals surface area contributed by atoms with E-state index in [1.807, 2.05) is 7.05 Å². The highest BCUT2D eigenvalue weighted by atomic mass is 15.1. The molecule has 2 N–H and O–H groups in total. The lowest BCUT2D eigenvalue weighted by atomic mass is 10.1. The fraction of sp³-hybridized carbons (Fsp3) is 0.750. The van der Waals surface area contributed by atoms with Crippen LogP contribution < -0.4 is 10.6 Å². The topological polar surface area (TPSA) is 49.8 Å². The molecule has 2 rings (SSSR count). The molecule has 1 aromatic rings. The first-order valence-corrected chi connectivity index (χ1v) is 7.81. The zero-order valence-electron chi connectivity index (χ0n) is 13.5. The van der Waals surface area contributed by atoms with Crippen LogP contribution in [0.4, 0.5) is 11.6 Å². The third-order valence-electron chi connectivity index (χ3n) is 4.28. The molecule has 0 aromatic carbocycles. The number of hydrogen-bond donors (Lipinski definition) is 2. The van der Waals surface area contributed by atoms with Gasteiger partial charge in [-0.3, -0.25) is 0 Å². The van der Waals surface area contributed by atoms with Crippen molar-refractivity contribution in [2.24, 2.45) is 11.8 Å². The van der Waals surface area contributed by atoms with Gasteiger partial charge in [-0.05, 0) is 31.6 Å². The monoisotopic (exact) mass is 276 g/mol. The van der Waals surface area contributed by atoms with Crippen molar-refractivity contribution in [3.63, 3.8) is 0 Å². The fourth-order valence-electron chi connectivity index (χ4n) is 2.96. The minimum atomic E-state index is 0.342. The third kappa shape index (κ3) is 3.41. The van der Waals surface area contributed by atoms with Crippen molar-refractivity contribution in [1.29, 1.82) is 0 Å². The van der Waals surface area contributed by atoms with Gasteiger partial charge in [0.15, 0.2) is 0 Å². The fourth-order valence-corrected chi connectivity index (χ4v) is 2.96. The van der Waals surface area contributed by atoms with E-state index in [0.717, 1.165) is 41.4 Å². The van der Waals surface area contributed by atoms with E-state index in [9.17, 15) is 0 Å². The van der Waals surface area contributed by atoms with E-state index in [1.165, 1.54) is 19.3 Å². The van der Waals surface area contributed by atoms with Crippen LogP contribution in [0.1, 0.15) is 57.3 Å². The Morgan fingerprint density at radius 3 is 2.45 bits per heavy atom. The summed E-state index contributed by atoms with van der Waals surface area (Å²) in [5.41, 5.74) is 1.11. The van der Waals surface area contributed by atoms with Crippen LogP contribution in [0, 0.1) is 18.8 Å². The molecule has 2 unspecified atom stereocenters. The molecule has 2 atom stereocenters. The van der Waals surface area contributed by atoms with Crippen molar-refractivity contribution in [3.05, 3.63) is 11.4 Å². The first-order chi connectivity index (χ1) is 9.51. The van der Waals surface area contributed by atoms with Crippen LogP contribution in [0.15, 0.2) is 0 Å². The van der Waals surface area contributed by atoms with Crippen LogP contribution in [-0.4, -0.2) is 23.6 Å². The molecule has 0 spiro atoms. The molecule has 1 heterocycles. The summed E-state index contributed by atoms with van der Waals surface area (Å²) in [5.74, 6) is 4.85. The second-order valence-electron chi connectivity index (χ2n) is 6.47. The van der Waals surface area contributed by atoms with Gasteiger partial charge in [0.1, 0.15) is 17.5 Å². The molecule has 4 heteroatoms. The number of nitrogens with zero attached hydrogens (tertiary/aromatic N) is 2. The van der Waals surface area contributed by atoms with Crippen molar-refractivity contribution in [3.8, 4) is 0 Å². The van der Waals surface area contributed by atoms with E-state index in [4.69, 9.17) is 4.98 Å². The molecule has 0 radical (unpaired) electrons. The van der Waals surface area contributed by atoms with Crippen LogP contribution in [0.25, 0.3) is 0 Å². The van der Waals surface area contributed by atoms with E-state index in [-0.39, 0.29) is 0 Å². The minimum Gasteiger partial charge on any atom is -0.373 e. The first-order valence-electron chi connectivity index (χ1n) is 7.81. The SMILES string of the molecule is CNc1nc(C(C)C)nc(NCC2CCC(C)C2)c1C. The molecule has 112 valence electrons. The van der Waals surface area contributed by atoms with E-state index in [1.54, 1.807) is 0 Å². The third-order valence-corrected chi connectivity index (χ3v) is 4.28. The molecule has 4 nitrogen and oxygen atoms in total. The molecule has 1 aromatic heterocycles. The molecular weight excluding hydrogens is 248 g/mol. The highest BCUT2D eigenvalue weighted by molar-refractivity contribution is 5.57. The summed E-state index contributed by atoms with van der Waals surface area (Å²) in [7, 11) is 1.92. The van der Waals surface area contributed by atoms with Crippen LogP contribution in [0.2, 0.25) is 0 Å². The molecule has 1 aliphatic carbocycles. The van der Waals surface area contributed by atoms with Crippen molar-refractivity contribution in [2.45, 2.75) is 52.9 Å². The van der Waals surface area contributed by atoms with Gasteiger partial charge in [0.25, 0.3) is 0 Å². The van der Waals surface area contributed by atoms with Crippen LogP contribution >= 0.6 is 0 Å². The Hall–Kier alpha value is -1.32. The number of aromatic nitrogens is 2. The largest absolute Gasteiger partial charge is 0.373 e. The zero-order valence-corrected chi connectivity index (χ0v) is 13.5. The summed E-state index contributed by atoms with van der Waals surface area (Å²) in [4.78, 5) is 9.28. The molecule has 0 saturated heterocycles. The van der Waals surface area contributed by atoms with Gasteiger partial charge in [0.2, 0.25) is 0 Å². The average molecular weight is 276 g/mol. The van der Waals surface area contributed by atoms with Gasteiger partial charge < -0.3 is 10.6 Å². The predicted molar refractivity (Wildman–Crippen MR) is 85.4 cm³/mol. The zero-order chi connectivity index (χ0) is 14.7. The van der Waals surface area contributed by atoms with Gasteiger partial charge in [0, 0.05) is 25.1 Å². The van der Waals surface area contributed by atoms with Crippen LogP contribution in [0.5, 0.6) is 0 Å². The highest BCUT2D eigenvalue weighted by Crippen LogP contribution is 2.31. The molecule has 0 bridgehead atoms. The second kappa shape index (κ2) is 6.42. The van der Waals surface area contributed by atoms with Crippen LogP contribution in [0.3, 0.4) is 0 Å². The summed E-state index contributed by atoms with van der Waals surface area (Å²) in [6.07, 6.45) is 4.05. The first kappa shape index (κ1) is 15.1. The maximum absolute atomic E-state index is 4.70. The normalized spacial score (nSPS) is 22.3. The summed E-state index contributed by atoms with van der Waals surface area (Å²) < 4.78 is 0. The Balaban J connectivity index is 2.11. The number of nitrogens with one attached hydrogen (secondary N) is 2. The predicted octanol–water partition coefficient (Wildman–Crippen LogP) is 3.80. The Morgan fingerprint density at radius 1 is 1.20 bits per heavy atom. The quantitative estimate of drug-likeness (QED) is 0.859. The standard InChI is InChI=1S/C16H28N4/c1-10(2)14-19-15(17-5)12(4)16(20-14)18-9-13-7-6-11(3)8-13/h10-11,13H,6-9H2,1-5H3,(H2,17,18,19,20). The van der Waals surface area contributed by atoms with E-state index in [0.29, 0.717) is 5.92 Å². The lowest BCUT2D eigenvalue weighted by Crippen LogP contribution is -2.16. The van der Waals surface area contributed by atoms with Gasteiger partial charge in [-0.15, -0.1) is 0 Å². The van der Waals surface area contributed by atoms with Crippen molar-refractivity contribution >= 4 is 11.6 Å². The molecule has 1 fully saturated rings. The van der Waals surface area contributed by atoms with Gasteiger partial charge in [-0.1, -0.05) is 27.2 Å². The molecule has 0 aliphatic heterocycles.